The molecular formula is C14H24N4O3. The van der Waals surface area contributed by atoms with Crippen molar-refractivity contribution in [3.63, 3.8) is 0 Å². The van der Waals surface area contributed by atoms with E-state index in [4.69, 9.17) is 0 Å². The molecule has 0 aromatic carbocycles. The van der Waals surface area contributed by atoms with Gasteiger partial charge in [0, 0.05) is 52.6 Å². The van der Waals surface area contributed by atoms with Crippen molar-refractivity contribution in [2.75, 3.05) is 39.8 Å². The smallest absolute Gasteiger partial charge is 0.270 e. The van der Waals surface area contributed by atoms with Gasteiger partial charge in [0.1, 0.15) is 5.71 Å². The zero-order valence-corrected chi connectivity index (χ0v) is 13.0. The highest BCUT2D eigenvalue weighted by Gasteiger charge is 2.29. The van der Waals surface area contributed by atoms with Gasteiger partial charge in [-0.25, -0.2) is 5.01 Å². The van der Waals surface area contributed by atoms with Gasteiger partial charge in [0.25, 0.3) is 5.91 Å². The van der Waals surface area contributed by atoms with Gasteiger partial charge in [0.2, 0.25) is 5.91 Å². The van der Waals surface area contributed by atoms with E-state index in [9.17, 15) is 14.7 Å². The van der Waals surface area contributed by atoms with Crippen molar-refractivity contribution >= 4 is 17.5 Å². The van der Waals surface area contributed by atoms with Crippen LogP contribution in [0.15, 0.2) is 5.10 Å². The first-order valence-corrected chi connectivity index (χ1v) is 7.34. The fourth-order valence-electron chi connectivity index (χ4n) is 2.66. The molecule has 0 atom stereocenters. The molecule has 0 spiro atoms. The average molecular weight is 296 g/mol. The summed E-state index contributed by atoms with van der Waals surface area (Å²) in [4.78, 5) is 27.7. The Morgan fingerprint density at radius 1 is 1.24 bits per heavy atom. The minimum atomic E-state index is -0.720. The third-order valence-corrected chi connectivity index (χ3v) is 3.72. The molecule has 0 aliphatic carbocycles. The molecule has 7 nitrogen and oxygen atoms in total. The summed E-state index contributed by atoms with van der Waals surface area (Å²) < 4.78 is 0. The zero-order valence-electron chi connectivity index (χ0n) is 13.0. The second kappa shape index (κ2) is 6.11. The van der Waals surface area contributed by atoms with Gasteiger partial charge >= 0.3 is 0 Å². The van der Waals surface area contributed by atoms with Crippen molar-refractivity contribution < 1.29 is 14.7 Å². The van der Waals surface area contributed by atoms with Crippen molar-refractivity contribution in [3.8, 4) is 0 Å². The maximum atomic E-state index is 12.4. The number of carbonyl (C=O) groups excluding carboxylic acids is 2. The number of rotatable bonds is 3. The van der Waals surface area contributed by atoms with E-state index in [-0.39, 0.29) is 11.8 Å². The number of piperazine rings is 1. The first-order valence-electron chi connectivity index (χ1n) is 7.34. The number of β-amino-alcohol motifs (C(OH)–C–C–N with tert-alkyl or cyclic N) is 1. The van der Waals surface area contributed by atoms with Crippen LogP contribution in [0.1, 0.15) is 26.7 Å². The summed E-state index contributed by atoms with van der Waals surface area (Å²) in [6.45, 7) is 6.93. The largest absolute Gasteiger partial charge is 0.389 e. The van der Waals surface area contributed by atoms with Crippen molar-refractivity contribution in [1.29, 1.82) is 0 Å². The zero-order chi connectivity index (χ0) is 15.6. The molecule has 0 unspecified atom stereocenters. The fraction of sp³-hybridized carbons (Fsp3) is 0.786. The maximum absolute atomic E-state index is 12.4. The number of hydrazone groups is 1. The summed E-state index contributed by atoms with van der Waals surface area (Å²) in [5, 5.41) is 15.1. The Balaban J connectivity index is 1.89. The predicted molar refractivity (Wildman–Crippen MR) is 78.8 cm³/mol. The lowest BCUT2D eigenvalue weighted by atomic mass is 10.1. The van der Waals surface area contributed by atoms with Crippen LogP contribution >= 0.6 is 0 Å². The van der Waals surface area contributed by atoms with Crippen molar-refractivity contribution in [3.05, 3.63) is 0 Å². The molecule has 21 heavy (non-hydrogen) atoms. The van der Waals surface area contributed by atoms with Crippen molar-refractivity contribution in [1.82, 2.24) is 14.8 Å². The van der Waals surface area contributed by atoms with Crippen molar-refractivity contribution in [2.45, 2.75) is 32.3 Å². The lowest BCUT2D eigenvalue weighted by Gasteiger charge is -2.37. The highest BCUT2D eigenvalue weighted by Crippen LogP contribution is 2.12. The number of hydrogen-bond donors (Lipinski definition) is 1. The lowest BCUT2D eigenvalue weighted by molar-refractivity contribution is -0.131. The molecule has 1 fully saturated rings. The van der Waals surface area contributed by atoms with Crippen molar-refractivity contribution in [2.24, 2.45) is 5.10 Å². The summed E-state index contributed by atoms with van der Waals surface area (Å²) in [5.41, 5.74) is -0.254. The molecule has 0 bridgehead atoms. The lowest BCUT2D eigenvalue weighted by Crippen LogP contribution is -2.53. The van der Waals surface area contributed by atoms with E-state index in [1.807, 2.05) is 0 Å². The molecule has 7 heteroatoms. The quantitative estimate of drug-likeness (QED) is 0.762. The van der Waals surface area contributed by atoms with Crippen LogP contribution in [0.2, 0.25) is 0 Å². The van der Waals surface area contributed by atoms with Crippen LogP contribution in [-0.2, 0) is 9.59 Å². The number of aliphatic hydroxyl groups is 1. The van der Waals surface area contributed by atoms with Crippen LogP contribution in [-0.4, -0.2) is 82.8 Å². The first-order chi connectivity index (χ1) is 9.76. The first kappa shape index (κ1) is 15.9. The standard InChI is InChI=1S/C14H24N4O3/c1-14(2,21)10-17-6-8-18(9-7-17)13(20)11-4-5-12(19)16(3)15-11/h21H,4-10H2,1-3H3. The second-order valence-electron chi connectivity index (χ2n) is 6.34. The summed E-state index contributed by atoms with van der Waals surface area (Å²) in [7, 11) is 1.58. The summed E-state index contributed by atoms with van der Waals surface area (Å²) in [6.07, 6.45) is 0.769. The molecule has 1 saturated heterocycles. The van der Waals surface area contributed by atoms with Gasteiger partial charge < -0.3 is 10.0 Å². The van der Waals surface area contributed by atoms with Crippen LogP contribution in [0, 0.1) is 0 Å². The number of hydrogen-bond acceptors (Lipinski definition) is 5. The molecule has 0 radical (unpaired) electrons. The monoisotopic (exact) mass is 296 g/mol. The van der Waals surface area contributed by atoms with Gasteiger partial charge in [-0.1, -0.05) is 0 Å². The molecule has 118 valence electrons. The molecule has 0 aromatic rings. The predicted octanol–water partition coefficient (Wildman–Crippen LogP) is -0.490. The molecule has 2 rings (SSSR count). The SMILES string of the molecule is CN1N=C(C(=O)N2CCN(CC(C)(C)O)CC2)CCC1=O. The van der Waals surface area contributed by atoms with E-state index in [2.05, 4.69) is 10.0 Å². The Kier molecular flexibility index (Phi) is 4.63. The third-order valence-electron chi connectivity index (χ3n) is 3.72. The Morgan fingerprint density at radius 3 is 2.38 bits per heavy atom. The van der Waals surface area contributed by atoms with Crippen LogP contribution in [0.25, 0.3) is 0 Å². The van der Waals surface area contributed by atoms with E-state index in [1.54, 1.807) is 25.8 Å². The topological polar surface area (TPSA) is 76.5 Å². The second-order valence-corrected chi connectivity index (χ2v) is 6.34. The average Bonchev–Trinajstić information content (AvgIpc) is 2.40. The minimum absolute atomic E-state index is 0.0541. The molecule has 2 aliphatic heterocycles. The summed E-state index contributed by atoms with van der Waals surface area (Å²) >= 11 is 0. The maximum Gasteiger partial charge on any atom is 0.270 e. The highest BCUT2D eigenvalue weighted by molar-refractivity contribution is 6.39. The normalized spacial score (nSPS) is 21.5. The Labute approximate surface area is 125 Å². The van der Waals surface area contributed by atoms with Gasteiger partial charge in [-0.05, 0) is 13.8 Å². The van der Waals surface area contributed by atoms with E-state index in [1.165, 1.54) is 5.01 Å². The third kappa shape index (κ3) is 4.25. The van der Waals surface area contributed by atoms with Crippen LogP contribution < -0.4 is 0 Å². The summed E-state index contributed by atoms with van der Waals surface area (Å²) in [6, 6.07) is 0. The van der Waals surface area contributed by atoms with Crippen LogP contribution in [0.3, 0.4) is 0 Å². The summed E-state index contributed by atoms with van der Waals surface area (Å²) in [5.74, 6) is -0.126. The molecule has 0 aromatic heterocycles. The fourth-order valence-corrected chi connectivity index (χ4v) is 2.66. The van der Waals surface area contributed by atoms with Crippen LogP contribution in [0.5, 0.6) is 0 Å². The van der Waals surface area contributed by atoms with E-state index in [0.717, 1.165) is 13.1 Å². The molecule has 1 N–H and O–H groups in total. The number of carbonyl (C=O) groups is 2. The van der Waals surface area contributed by atoms with E-state index >= 15 is 0 Å². The number of amides is 2. The molecule has 2 amide bonds. The van der Waals surface area contributed by atoms with Gasteiger partial charge in [-0.3, -0.25) is 14.5 Å². The van der Waals surface area contributed by atoms with E-state index < -0.39 is 5.60 Å². The van der Waals surface area contributed by atoms with Gasteiger partial charge in [0.15, 0.2) is 0 Å². The van der Waals surface area contributed by atoms with Gasteiger partial charge in [-0.2, -0.15) is 5.10 Å². The van der Waals surface area contributed by atoms with Gasteiger partial charge in [0.05, 0.1) is 5.60 Å². The molecule has 0 saturated carbocycles. The number of nitrogens with zero attached hydrogens (tertiary/aromatic N) is 4. The van der Waals surface area contributed by atoms with E-state index in [0.29, 0.717) is 38.2 Å². The Hall–Kier alpha value is -1.47. The molecule has 2 aliphatic rings. The van der Waals surface area contributed by atoms with Crippen LogP contribution in [0.4, 0.5) is 0 Å². The molecular weight excluding hydrogens is 272 g/mol. The highest BCUT2D eigenvalue weighted by atomic mass is 16.3. The van der Waals surface area contributed by atoms with Gasteiger partial charge in [-0.15, -0.1) is 0 Å². The Morgan fingerprint density at radius 2 is 1.86 bits per heavy atom. The molecule has 2 heterocycles. The minimum Gasteiger partial charge on any atom is -0.389 e. The Bertz CT molecular complexity index is 448.